The van der Waals surface area contributed by atoms with E-state index in [0.717, 1.165) is 26.8 Å². The second-order valence-corrected chi connectivity index (χ2v) is 5.09. The lowest BCUT2D eigenvalue weighted by Gasteiger charge is -2.05. The Hall–Kier alpha value is -1.74. The average Bonchev–Trinajstić information content (AvgIpc) is 2.39. The number of hydrogen-bond acceptors (Lipinski definition) is 2. The molecule has 2 nitrogen and oxygen atoms in total. The van der Waals surface area contributed by atoms with Gasteiger partial charge in [0.25, 0.3) is 0 Å². The Balaban J connectivity index is 2.23. The topological polar surface area (TPSA) is 25.8 Å². The summed E-state index contributed by atoms with van der Waals surface area (Å²) < 4.78 is 1.04. The molecule has 0 radical (unpaired) electrons. The Labute approximate surface area is 114 Å². The number of benzene rings is 2. The van der Waals surface area contributed by atoms with E-state index in [4.69, 9.17) is 0 Å². The molecule has 1 heterocycles. The molecule has 0 atom stereocenters. The summed E-state index contributed by atoms with van der Waals surface area (Å²) in [5, 5.41) is 1.04. The molecule has 0 aliphatic carbocycles. The fourth-order valence-electron chi connectivity index (χ4n) is 1.95. The first-order chi connectivity index (χ1) is 8.74. The Morgan fingerprint density at radius 2 is 1.83 bits per heavy atom. The summed E-state index contributed by atoms with van der Waals surface area (Å²) in [5.41, 5.74) is 3.19. The molecule has 1 aromatic heterocycles. The Morgan fingerprint density at radius 3 is 2.61 bits per heavy atom. The predicted molar refractivity (Wildman–Crippen MR) is 77.4 cm³/mol. The molecule has 0 saturated carbocycles. The molecule has 3 rings (SSSR count). The minimum Gasteiger partial charge on any atom is -0.236 e. The summed E-state index contributed by atoms with van der Waals surface area (Å²) in [6.45, 7) is 2.06. The molecule has 3 aromatic rings. The van der Waals surface area contributed by atoms with E-state index in [-0.39, 0.29) is 0 Å². The van der Waals surface area contributed by atoms with Crippen molar-refractivity contribution in [3.05, 3.63) is 58.7 Å². The molecule has 2 aromatic carbocycles. The van der Waals surface area contributed by atoms with Crippen molar-refractivity contribution in [2.45, 2.75) is 6.92 Å². The van der Waals surface area contributed by atoms with Crippen LogP contribution in [-0.2, 0) is 0 Å². The van der Waals surface area contributed by atoms with E-state index in [1.165, 1.54) is 5.56 Å². The summed E-state index contributed by atoms with van der Waals surface area (Å²) in [6, 6.07) is 14.2. The Bertz CT molecular complexity index is 708. The van der Waals surface area contributed by atoms with Gasteiger partial charge in [0.15, 0.2) is 5.82 Å². The molecule has 0 bridgehead atoms. The quantitative estimate of drug-likeness (QED) is 0.667. The summed E-state index contributed by atoms with van der Waals surface area (Å²) in [4.78, 5) is 9.05. The summed E-state index contributed by atoms with van der Waals surface area (Å²) in [7, 11) is 0. The molecule has 0 aliphatic rings. The van der Waals surface area contributed by atoms with Gasteiger partial charge in [-0.15, -0.1) is 0 Å². The standard InChI is InChI=1S/C15H11BrN2/c1-10-7-13(16)12-9-17-15(18-14(12)8-10)11-5-3-2-4-6-11/h2-9H,1H3. The number of nitrogens with zero attached hydrogens (tertiary/aromatic N) is 2. The van der Waals surface area contributed by atoms with Gasteiger partial charge in [0.1, 0.15) is 0 Å². The zero-order valence-electron chi connectivity index (χ0n) is 9.89. The van der Waals surface area contributed by atoms with Gasteiger partial charge in [-0.2, -0.15) is 0 Å². The third-order valence-electron chi connectivity index (χ3n) is 2.83. The maximum absolute atomic E-state index is 4.63. The monoisotopic (exact) mass is 298 g/mol. The largest absolute Gasteiger partial charge is 0.236 e. The molecule has 88 valence electrons. The lowest BCUT2D eigenvalue weighted by Crippen LogP contribution is -1.91. The van der Waals surface area contributed by atoms with Crippen molar-refractivity contribution in [1.29, 1.82) is 0 Å². The first-order valence-electron chi connectivity index (χ1n) is 5.72. The molecule has 0 spiro atoms. The van der Waals surface area contributed by atoms with Crippen molar-refractivity contribution < 1.29 is 0 Å². The molecular weight excluding hydrogens is 288 g/mol. The highest BCUT2D eigenvalue weighted by atomic mass is 79.9. The van der Waals surface area contributed by atoms with E-state index in [0.29, 0.717) is 0 Å². The molecule has 0 fully saturated rings. The van der Waals surface area contributed by atoms with Gasteiger partial charge < -0.3 is 0 Å². The van der Waals surface area contributed by atoms with E-state index in [2.05, 4.69) is 45.0 Å². The van der Waals surface area contributed by atoms with Crippen LogP contribution in [0.5, 0.6) is 0 Å². The van der Waals surface area contributed by atoms with E-state index >= 15 is 0 Å². The molecule has 3 heteroatoms. The highest BCUT2D eigenvalue weighted by Gasteiger charge is 2.05. The summed E-state index contributed by atoms with van der Waals surface area (Å²) in [5.74, 6) is 0.764. The van der Waals surface area contributed by atoms with Crippen molar-refractivity contribution in [2.24, 2.45) is 0 Å². The van der Waals surface area contributed by atoms with Gasteiger partial charge in [0.2, 0.25) is 0 Å². The van der Waals surface area contributed by atoms with Crippen LogP contribution in [0, 0.1) is 6.92 Å². The van der Waals surface area contributed by atoms with Crippen molar-refractivity contribution >= 4 is 26.8 Å². The van der Waals surface area contributed by atoms with Crippen molar-refractivity contribution in [3.63, 3.8) is 0 Å². The molecule has 0 amide bonds. The van der Waals surface area contributed by atoms with Gasteiger partial charge >= 0.3 is 0 Å². The van der Waals surface area contributed by atoms with Crippen LogP contribution in [0.4, 0.5) is 0 Å². The first kappa shape index (κ1) is 11.4. The smallest absolute Gasteiger partial charge is 0.159 e. The van der Waals surface area contributed by atoms with Crippen molar-refractivity contribution in [2.75, 3.05) is 0 Å². The first-order valence-corrected chi connectivity index (χ1v) is 6.52. The van der Waals surface area contributed by atoms with Crippen LogP contribution in [0.3, 0.4) is 0 Å². The van der Waals surface area contributed by atoms with Crippen LogP contribution in [0.1, 0.15) is 5.56 Å². The van der Waals surface area contributed by atoms with Crippen LogP contribution < -0.4 is 0 Å². The SMILES string of the molecule is Cc1cc(Br)c2cnc(-c3ccccc3)nc2c1. The second kappa shape index (κ2) is 4.50. The number of halogens is 1. The molecule has 0 unspecified atom stereocenters. The van der Waals surface area contributed by atoms with E-state index in [1.54, 1.807) is 0 Å². The maximum Gasteiger partial charge on any atom is 0.159 e. The zero-order chi connectivity index (χ0) is 12.5. The molecule has 0 aliphatic heterocycles. The van der Waals surface area contributed by atoms with Gasteiger partial charge in [-0.1, -0.05) is 46.3 Å². The highest BCUT2D eigenvalue weighted by Crippen LogP contribution is 2.25. The van der Waals surface area contributed by atoms with Gasteiger partial charge in [0, 0.05) is 21.6 Å². The predicted octanol–water partition coefficient (Wildman–Crippen LogP) is 4.37. The van der Waals surface area contributed by atoms with Gasteiger partial charge in [0.05, 0.1) is 5.52 Å². The van der Waals surface area contributed by atoms with Crippen molar-refractivity contribution in [3.8, 4) is 11.4 Å². The minimum atomic E-state index is 0.764. The van der Waals surface area contributed by atoms with Crippen LogP contribution in [0.15, 0.2) is 53.1 Å². The van der Waals surface area contributed by atoms with E-state index in [1.807, 2.05) is 36.5 Å². The molecule has 18 heavy (non-hydrogen) atoms. The third-order valence-corrected chi connectivity index (χ3v) is 3.48. The third kappa shape index (κ3) is 2.02. The van der Waals surface area contributed by atoms with E-state index < -0.39 is 0 Å². The van der Waals surface area contributed by atoms with Crippen LogP contribution >= 0.6 is 15.9 Å². The summed E-state index contributed by atoms with van der Waals surface area (Å²) >= 11 is 3.55. The second-order valence-electron chi connectivity index (χ2n) is 4.24. The fourth-order valence-corrected chi connectivity index (χ4v) is 2.62. The molecule has 0 N–H and O–H groups in total. The Kier molecular flexibility index (Phi) is 2.84. The molecule has 0 saturated heterocycles. The van der Waals surface area contributed by atoms with Gasteiger partial charge in [-0.25, -0.2) is 9.97 Å². The number of fused-ring (bicyclic) bond motifs is 1. The number of aryl methyl sites for hydroxylation is 1. The van der Waals surface area contributed by atoms with Crippen molar-refractivity contribution in [1.82, 2.24) is 9.97 Å². The normalized spacial score (nSPS) is 10.8. The number of rotatable bonds is 1. The Morgan fingerprint density at radius 1 is 1.06 bits per heavy atom. The highest BCUT2D eigenvalue weighted by molar-refractivity contribution is 9.10. The molecular formula is C15H11BrN2. The lowest BCUT2D eigenvalue weighted by atomic mass is 10.1. The van der Waals surface area contributed by atoms with Gasteiger partial charge in [-0.3, -0.25) is 0 Å². The zero-order valence-corrected chi connectivity index (χ0v) is 11.5. The maximum atomic E-state index is 4.63. The summed E-state index contributed by atoms with van der Waals surface area (Å²) in [6.07, 6.45) is 1.87. The lowest BCUT2D eigenvalue weighted by molar-refractivity contribution is 1.22. The number of aromatic nitrogens is 2. The number of hydrogen-bond donors (Lipinski definition) is 0. The average molecular weight is 299 g/mol. The van der Waals surface area contributed by atoms with Crippen LogP contribution in [0.2, 0.25) is 0 Å². The van der Waals surface area contributed by atoms with Crippen LogP contribution in [0.25, 0.3) is 22.3 Å². The van der Waals surface area contributed by atoms with E-state index in [9.17, 15) is 0 Å². The minimum absolute atomic E-state index is 0.764. The van der Waals surface area contributed by atoms with Gasteiger partial charge in [-0.05, 0) is 24.6 Å². The van der Waals surface area contributed by atoms with Crippen LogP contribution in [-0.4, -0.2) is 9.97 Å². The fraction of sp³-hybridized carbons (Fsp3) is 0.0667.